The van der Waals surface area contributed by atoms with Crippen molar-refractivity contribution in [3.05, 3.63) is 86.5 Å². The van der Waals surface area contributed by atoms with Crippen LogP contribution in [-0.2, 0) is 31.5 Å². The number of aromatic nitrogens is 5. The summed E-state index contributed by atoms with van der Waals surface area (Å²) in [6.07, 6.45) is 4.53. The molecular weight excluding hydrogens is 412 g/mol. The van der Waals surface area contributed by atoms with E-state index in [9.17, 15) is 4.79 Å². The van der Waals surface area contributed by atoms with Crippen LogP contribution in [0.4, 0.5) is 0 Å². The molecular formula is C26H32N6O. The molecule has 5 heterocycles. The minimum atomic E-state index is -0.0644. The van der Waals surface area contributed by atoms with E-state index in [0.29, 0.717) is 6.54 Å². The summed E-state index contributed by atoms with van der Waals surface area (Å²) < 4.78 is 3.96. The van der Waals surface area contributed by atoms with Gasteiger partial charge >= 0.3 is 0 Å². The fourth-order valence-corrected chi connectivity index (χ4v) is 4.75. The highest BCUT2D eigenvalue weighted by Gasteiger charge is 2.25. The van der Waals surface area contributed by atoms with E-state index in [1.54, 1.807) is 10.7 Å². The Morgan fingerprint density at radius 2 is 1.97 bits per heavy atom. The molecule has 0 radical (unpaired) electrons. The van der Waals surface area contributed by atoms with Crippen LogP contribution >= 0.6 is 0 Å². The molecule has 0 bridgehead atoms. The summed E-state index contributed by atoms with van der Waals surface area (Å²) in [6, 6.07) is 8.37. The van der Waals surface area contributed by atoms with E-state index in [-0.39, 0.29) is 11.0 Å². The van der Waals surface area contributed by atoms with Crippen molar-refractivity contribution in [3.8, 4) is 0 Å². The van der Waals surface area contributed by atoms with Crippen molar-refractivity contribution in [3.63, 3.8) is 0 Å². The number of aryl methyl sites for hydroxylation is 1. The molecule has 0 aliphatic carbocycles. The number of aromatic amines is 1. The van der Waals surface area contributed by atoms with Gasteiger partial charge in [0.05, 0.1) is 11.3 Å². The number of fused-ring (bicyclic) bond motifs is 2. The predicted molar refractivity (Wildman–Crippen MR) is 130 cm³/mol. The second kappa shape index (κ2) is 7.99. The molecule has 172 valence electrons. The molecule has 0 saturated carbocycles. The number of H-pyrrole nitrogens is 1. The summed E-state index contributed by atoms with van der Waals surface area (Å²) in [7, 11) is 0. The Hall–Kier alpha value is -3.19. The Labute approximate surface area is 194 Å². The van der Waals surface area contributed by atoms with Crippen LogP contribution in [-0.4, -0.2) is 35.6 Å². The fourth-order valence-electron chi connectivity index (χ4n) is 4.75. The third kappa shape index (κ3) is 4.02. The Morgan fingerprint density at radius 1 is 1.15 bits per heavy atom. The Balaban J connectivity index is 1.40. The van der Waals surface area contributed by atoms with Crippen molar-refractivity contribution in [2.45, 2.75) is 66.1 Å². The molecule has 0 saturated heterocycles. The molecule has 0 fully saturated rings. The molecule has 1 aliphatic heterocycles. The molecule has 0 spiro atoms. The van der Waals surface area contributed by atoms with Crippen LogP contribution < -0.4 is 5.56 Å². The minimum absolute atomic E-state index is 0.0252. The normalized spacial score (nSPS) is 14.7. The average Bonchev–Trinajstić information content (AvgIpc) is 3.32. The van der Waals surface area contributed by atoms with Gasteiger partial charge in [0.2, 0.25) is 0 Å². The van der Waals surface area contributed by atoms with Gasteiger partial charge in [-0.2, -0.15) is 0 Å². The number of rotatable bonds is 4. The van der Waals surface area contributed by atoms with E-state index >= 15 is 0 Å². The van der Waals surface area contributed by atoms with Gasteiger partial charge in [0, 0.05) is 73.6 Å². The first-order valence-electron chi connectivity index (χ1n) is 11.6. The lowest BCUT2D eigenvalue weighted by molar-refractivity contribution is 0.241. The van der Waals surface area contributed by atoms with E-state index in [1.807, 2.05) is 18.3 Å². The highest BCUT2D eigenvalue weighted by molar-refractivity contribution is 5.44. The summed E-state index contributed by atoms with van der Waals surface area (Å²) in [5.41, 5.74) is 8.47. The predicted octanol–water partition coefficient (Wildman–Crippen LogP) is 3.74. The van der Waals surface area contributed by atoms with Crippen molar-refractivity contribution in [2.75, 3.05) is 6.54 Å². The second-order valence-corrected chi connectivity index (χ2v) is 10.3. The maximum absolute atomic E-state index is 13.3. The molecule has 0 unspecified atom stereocenters. The van der Waals surface area contributed by atoms with Crippen LogP contribution in [0.25, 0.3) is 5.65 Å². The van der Waals surface area contributed by atoms with Gasteiger partial charge < -0.3 is 4.57 Å². The molecule has 0 aromatic carbocycles. The Kier molecular flexibility index (Phi) is 5.24. The van der Waals surface area contributed by atoms with E-state index in [4.69, 9.17) is 4.98 Å². The Morgan fingerprint density at radius 3 is 2.70 bits per heavy atom. The van der Waals surface area contributed by atoms with Gasteiger partial charge in [-0.3, -0.25) is 19.8 Å². The topological polar surface area (TPSA) is 71.2 Å². The standard InChI is InChI=1S/C26H32N6O/c1-17-11-20(18(2)31(17)14-19-7-6-9-27-13-19)15-30-10-8-22-21(16-30)25(33)32-24(28-22)12-23(29-32)26(3,4)5/h6-7,9,11-13,29H,8,10,14-16H2,1-5H3. The first-order valence-corrected chi connectivity index (χ1v) is 11.6. The van der Waals surface area contributed by atoms with Crippen molar-refractivity contribution in [2.24, 2.45) is 0 Å². The minimum Gasteiger partial charge on any atom is -0.344 e. The first-order chi connectivity index (χ1) is 15.7. The zero-order chi connectivity index (χ0) is 23.3. The van der Waals surface area contributed by atoms with Crippen molar-refractivity contribution < 1.29 is 0 Å². The smallest absolute Gasteiger partial charge is 0.277 e. The monoisotopic (exact) mass is 444 g/mol. The lowest BCUT2D eigenvalue weighted by Crippen LogP contribution is -2.36. The summed E-state index contributed by atoms with van der Waals surface area (Å²) in [5.74, 6) is 0. The largest absolute Gasteiger partial charge is 0.344 e. The molecule has 4 aromatic heterocycles. The number of hydrogen-bond donors (Lipinski definition) is 1. The van der Waals surface area contributed by atoms with Gasteiger partial charge in [0.1, 0.15) is 0 Å². The van der Waals surface area contributed by atoms with Crippen LogP contribution in [0.5, 0.6) is 0 Å². The zero-order valence-electron chi connectivity index (χ0n) is 20.1. The molecule has 5 rings (SSSR count). The van der Waals surface area contributed by atoms with Crippen LogP contribution in [0.1, 0.15) is 60.2 Å². The molecule has 0 atom stereocenters. The molecule has 1 N–H and O–H groups in total. The maximum Gasteiger partial charge on any atom is 0.277 e. The van der Waals surface area contributed by atoms with Gasteiger partial charge in [-0.05, 0) is 37.1 Å². The fraction of sp³-hybridized carbons (Fsp3) is 0.423. The van der Waals surface area contributed by atoms with Crippen molar-refractivity contribution in [1.82, 2.24) is 29.0 Å². The highest BCUT2D eigenvalue weighted by Crippen LogP contribution is 2.24. The molecule has 1 aliphatic rings. The molecule has 7 nitrogen and oxygen atoms in total. The lowest BCUT2D eigenvalue weighted by Gasteiger charge is -2.27. The maximum atomic E-state index is 13.3. The third-order valence-corrected chi connectivity index (χ3v) is 6.78. The van der Waals surface area contributed by atoms with E-state index in [0.717, 1.165) is 48.7 Å². The average molecular weight is 445 g/mol. The number of nitrogens with one attached hydrogen (secondary N) is 1. The number of hydrogen-bond acceptors (Lipinski definition) is 4. The zero-order valence-corrected chi connectivity index (χ0v) is 20.1. The molecule has 4 aromatic rings. The van der Waals surface area contributed by atoms with Crippen molar-refractivity contribution in [1.29, 1.82) is 0 Å². The molecule has 33 heavy (non-hydrogen) atoms. The second-order valence-electron chi connectivity index (χ2n) is 10.3. The Bertz CT molecular complexity index is 1370. The van der Waals surface area contributed by atoms with Gasteiger partial charge in [-0.15, -0.1) is 0 Å². The van der Waals surface area contributed by atoms with Gasteiger partial charge in [-0.25, -0.2) is 9.50 Å². The molecule has 0 amide bonds. The van der Waals surface area contributed by atoms with Crippen LogP contribution in [0.2, 0.25) is 0 Å². The van der Waals surface area contributed by atoms with E-state index in [1.165, 1.54) is 22.5 Å². The van der Waals surface area contributed by atoms with Gasteiger partial charge in [-0.1, -0.05) is 26.8 Å². The number of pyridine rings is 1. The van der Waals surface area contributed by atoms with Crippen molar-refractivity contribution >= 4 is 5.65 Å². The van der Waals surface area contributed by atoms with E-state index < -0.39 is 0 Å². The van der Waals surface area contributed by atoms with Crippen LogP contribution in [0.3, 0.4) is 0 Å². The summed E-state index contributed by atoms with van der Waals surface area (Å²) in [4.78, 5) is 24.7. The quantitative estimate of drug-likeness (QED) is 0.521. The molecule has 7 heteroatoms. The summed E-state index contributed by atoms with van der Waals surface area (Å²) >= 11 is 0. The summed E-state index contributed by atoms with van der Waals surface area (Å²) in [6.45, 7) is 13.9. The lowest BCUT2D eigenvalue weighted by atomic mass is 9.93. The third-order valence-electron chi connectivity index (χ3n) is 6.78. The SMILES string of the molecule is Cc1cc(CN2CCc3nc4cc(C(C)(C)C)[nH]n4c(=O)c3C2)c(C)n1Cc1cccnc1. The van der Waals surface area contributed by atoms with Crippen LogP contribution in [0.15, 0.2) is 41.5 Å². The highest BCUT2D eigenvalue weighted by atomic mass is 16.1. The van der Waals surface area contributed by atoms with Gasteiger partial charge in [0.25, 0.3) is 5.56 Å². The van der Waals surface area contributed by atoms with Crippen LogP contribution in [0, 0.1) is 13.8 Å². The summed E-state index contributed by atoms with van der Waals surface area (Å²) in [5, 5.41) is 3.28. The number of nitrogens with zero attached hydrogens (tertiary/aromatic N) is 5. The van der Waals surface area contributed by atoms with Gasteiger partial charge in [0.15, 0.2) is 5.65 Å². The van der Waals surface area contributed by atoms with E-state index in [2.05, 4.69) is 66.3 Å². The first kappa shape index (κ1) is 21.6.